The van der Waals surface area contributed by atoms with Gasteiger partial charge in [-0.25, -0.2) is 0 Å². The summed E-state index contributed by atoms with van der Waals surface area (Å²) < 4.78 is 0.465. The lowest BCUT2D eigenvalue weighted by Gasteiger charge is -2.10. The van der Waals surface area contributed by atoms with Crippen molar-refractivity contribution in [1.29, 1.82) is 0 Å². The van der Waals surface area contributed by atoms with Crippen LogP contribution in [-0.2, 0) is 0 Å². The summed E-state index contributed by atoms with van der Waals surface area (Å²) in [5.74, 6) is -0.995. The fraction of sp³-hybridized carbons (Fsp3) is 0.0667. The number of thiophene rings is 1. The molecule has 0 bridgehead atoms. The van der Waals surface area contributed by atoms with Gasteiger partial charge in [0.2, 0.25) is 0 Å². The van der Waals surface area contributed by atoms with Gasteiger partial charge in [0, 0.05) is 10.7 Å². The van der Waals surface area contributed by atoms with Crippen molar-refractivity contribution in [2.75, 3.05) is 5.32 Å². The van der Waals surface area contributed by atoms with Crippen LogP contribution < -0.4 is 10.9 Å². The van der Waals surface area contributed by atoms with Crippen molar-refractivity contribution >= 4 is 44.7 Å². The third kappa shape index (κ3) is 2.36. The van der Waals surface area contributed by atoms with Crippen molar-refractivity contribution in [1.82, 2.24) is 4.98 Å². The van der Waals surface area contributed by atoms with Crippen LogP contribution in [0.1, 0.15) is 15.9 Å². The Morgan fingerprint density at radius 2 is 2.14 bits per heavy atom. The molecule has 3 rings (SSSR count). The van der Waals surface area contributed by atoms with E-state index in [2.05, 4.69) is 10.3 Å². The van der Waals surface area contributed by atoms with E-state index >= 15 is 0 Å². The molecular weight excluding hydrogens is 324 g/mol. The third-order valence-electron chi connectivity index (χ3n) is 3.34. The van der Waals surface area contributed by atoms with Crippen LogP contribution in [-0.4, -0.2) is 16.0 Å². The first-order chi connectivity index (χ1) is 10.5. The van der Waals surface area contributed by atoms with Crippen LogP contribution in [0, 0.1) is 6.92 Å². The van der Waals surface area contributed by atoms with Gasteiger partial charge in [0.15, 0.2) is 5.75 Å². The molecule has 3 aromatic rings. The molecule has 0 radical (unpaired) electrons. The normalized spacial score (nSPS) is 10.8. The topological polar surface area (TPSA) is 82.2 Å². The van der Waals surface area contributed by atoms with Gasteiger partial charge in [0.1, 0.15) is 5.56 Å². The number of hydrogen-bond acceptors (Lipinski definition) is 4. The zero-order valence-electron chi connectivity index (χ0n) is 11.4. The fourth-order valence-electron chi connectivity index (χ4n) is 2.14. The van der Waals surface area contributed by atoms with E-state index in [9.17, 15) is 14.7 Å². The second kappa shape index (κ2) is 5.47. The number of fused-ring (bicyclic) bond motifs is 1. The molecule has 0 unspecified atom stereocenters. The Kier molecular flexibility index (Phi) is 3.64. The van der Waals surface area contributed by atoms with E-state index in [0.717, 1.165) is 0 Å². The van der Waals surface area contributed by atoms with E-state index in [1.165, 1.54) is 11.3 Å². The minimum atomic E-state index is -0.681. The highest BCUT2D eigenvalue weighted by Crippen LogP contribution is 2.30. The quantitative estimate of drug-likeness (QED) is 0.670. The van der Waals surface area contributed by atoms with Crippen molar-refractivity contribution in [3.05, 3.63) is 56.1 Å². The third-order valence-corrected chi connectivity index (χ3v) is 4.67. The molecule has 0 fully saturated rings. The number of aromatic amines is 1. The molecule has 0 saturated carbocycles. The molecular formula is C15H11ClN2O3S. The second-order valence-electron chi connectivity index (χ2n) is 4.71. The first-order valence-corrected chi connectivity index (χ1v) is 7.63. The van der Waals surface area contributed by atoms with Crippen molar-refractivity contribution < 1.29 is 9.90 Å². The Labute approximate surface area is 134 Å². The number of pyridine rings is 1. The zero-order valence-corrected chi connectivity index (χ0v) is 13.0. The molecule has 0 aliphatic carbocycles. The van der Waals surface area contributed by atoms with Gasteiger partial charge in [-0.15, -0.1) is 11.3 Å². The largest absolute Gasteiger partial charge is 0.505 e. The van der Waals surface area contributed by atoms with Gasteiger partial charge in [-0.05, 0) is 36.1 Å². The second-order valence-corrected chi connectivity index (χ2v) is 6.03. The van der Waals surface area contributed by atoms with E-state index in [1.807, 2.05) is 0 Å². The highest BCUT2D eigenvalue weighted by atomic mass is 35.5. The van der Waals surface area contributed by atoms with Crippen LogP contribution >= 0.6 is 22.9 Å². The molecule has 2 aromatic heterocycles. The van der Waals surface area contributed by atoms with Gasteiger partial charge >= 0.3 is 0 Å². The zero-order chi connectivity index (χ0) is 15.9. The summed E-state index contributed by atoms with van der Waals surface area (Å²) in [7, 11) is 0. The number of carbonyl (C=O) groups is 1. The lowest BCUT2D eigenvalue weighted by Crippen LogP contribution is -2.23. The smallest absolute Gasteiger partial charge is 0.265 e. The van der Waals surface area contributed by atoms with Crippen LogP contribution in [0.25, 0.3) is 10.2 Å². The number of hydrogen-bond donors (Lipinski definition) is 3. The predicted molar refractivity (Wildman–Crippen MR) is 88.3 cm³/mol. The number of halogens is 1. The Bertz CT molecular complexity index is 946. The minimum absolute atomic E-state index is 0.311. The summed E-state index contributed by atoms with van der Waals surface area (Å²) in [5.41, 5.74) is 0.728. The number of amides is 1. The van der Waals surface area contributed by atoms with Crippen LogP contribution in [0.3, 0.4) is 0 Å². The van der Waals surface area contributed by atoms with Gasteiger partial charge < -0.3 is 15.4 Å². The number of carbonyl (C=O) groups excluding carboxylic acids is 1. The SMILES string of the molecule is Cc1c(Cl)cccc1NC(=O)c1c(O)c2sccc2[nH]c1=O. The Hall–Kier alpha value is -2.31. The summed E-state index contributed by atoms with van der Waals surface area (Å²) in [4.78, 5) is 27.0. The van der Waals surface area contributed by atoms with Gasteiger partial charge in [-0.3, -0.25) is 9.59 Å². The first-order valence-electron chi connectivity index (χ1n) is 6.38. The van der Waals surface area contributed by atoms with E-state index in [4.69, 9.17) is 11.6 Å². The molecule has 3 N–H and O–H groups in total. The van der Waals surface area contributed by atoms with Gasteiger partial charge in [-0.1, -0.05) is 17.7 Å². The maximum absolute atomic E-state index is 12.4. The number of anilines is 1. The van der Waals surface area contributed by atoms with E-state index in [0.29, 0.717) is 26.5 Å². The Morgan fingerprint density at radius 1 is 1.36 bits per heavy atom. The minimum Gasteiger partial charge on any atom is -0.505 e. The Balaban J connectivity index is 2.06. The number of rotatable bonds is 2. The number of benzene rings is 1. The van der Waals surface area contributed by atoms with Crippen LogP contribution in [0.5, 0.6) is 5.75 Å². The fourth-order valence-corrected chi connectivity index (χ4v) is 3.11. The summed E-state index contributed by atoms with van der Waals surface area (Å²) in [6, 6.07) is 6.74. The maximum Gasteiger partial charge on any atom is 0.265 e. The molecule has 0 aliphatic rings. The average Bonchev–Trinajstić information content (AvgIpc) is 2.92. The summed E-state index contributed by atoms with van der Waals surface area (Å²) in [6.07, 6.45) is 0. The maximum atomic E-state index is 12.4. The number of H-pyrrole nitrogens is 1. The molecule has 0 spiro atoms. The van der Waals surface area contributed by atoms with Crippen molar-refractivity contribution in [2.24, 2.45) is 0 Å². The van der Waals surface area contributed by atoms with Gasteiger partial charge in [0.05, 0.1) is 10.2 Å². The van der Waals surface area contributed by atoms with Crippen LogP contribution in [0.15, 0.2) is 34.4 Å². The Morgan fingerprint density at radius 3 is 2.91 bits per heavy atom. The molecule has 1 amide bonds. The molecule has 5 nitrogen and oxygen atoms in total. The van der Waals surface area contributed by atoms with Crippen molar-refractivity contribution in [3.63, 3.8) is 0 Å². The first kappa shape index (κ1) is 14.6. The standard InChI is InChI=1S/C15H11ClN2O3S/c1-7-8(16)3-2-4-9(7)17-14(20)11-12(19)13-10(5-6-22-13)18-15(11)21/h2-6H,1H3,(H,17,20)(H2,18,19,21). The molecule has 0 atom stereocenters. The summed E-state index contributed by atoms with van der Waals surface area (Å²) >= 11 is 7.25. The lowest BCUT2D eigenvalue weighted by atomic mass is 10.1. The number of aromatic hydroxyl groups is 1. The highest BCUT2D eigenvalue weighted by Gasteiger charge is 2.20. The monoisotopic (exact) mass is 334 g/mol. The average molecular weight is 335 g/mol. The predicted octanol–water partition coefficient (Wildman–Crippen LogP) is 3.51. The van der Waals surface area contributed by atoms with E-state index in [-0.39, 0.29) is 11.3 Å². The number of aromatic nitrogens is 1. The van der Waals surface area contributed by atoms with Gasteiger partial charge in [-0.2, -0.15) is 0 Å². The van der Waals surface area contributed by atoms with E-state index < -0.39 is 11.5 Å². The summed E-state index contributed by atoms with van der Waals surface area (Å²) in [6.45, 7) is 1.75. The molecule has 0 saturated heterocycles. The van der Waals surface area contributed by atoms with E-state index in [1.54, 1.807) is 36.6 Å². The lowest BCUT2D eigenvalue weighted by molar-refractivity contribution is 0.102. The highest BCUT2D eigenvalue weighted by molar-refractivity contribution is 7.17. The van der Waals surface area contributed by atoms with Gasteiger partial charge in [0.25, 0.3) is 11.5 Å². The summed E-state index contributed by atoms with van der Waals surface area (Å²) in [5, 5.41) is 15.0. The molecule has 7 heteroatoms. The van der Waals surface area contributed by atoms with Crippen LogP contribution in [0.4, 0.5) is 5.69 Å². The molecule has 22 heavy (non-hydrogen) atoms. The molecule has 2 heterocycles. The molecule has 0 aliphatic heterocycles. The molecule has 1 aromatic carbocycles. The van der Waals surface area contributed by atoms with Crippen LogP contribution in [0.2, 0.25) is 5.02 Å². The number of nitrogens with one attached hydrogen (secondary N) is 2. The molecule has 112 valence electrons. The van der Waals surface area contributed by atoms with Crippen molar-refractivity contribution in [2.45, 2.75) is 6.92 Å². The van der Waals surface area contributed by atoms with Crippen molar-refractivity contribution in [3.8, 4) is 5.75 Å².